The third kappa shape index (κ3) is 3.82. The lowest BCUT2D eigenvalue weighted by Gasteiger charge is -2.27. The fraction of sp³-hybridized carbons (Fsp3) is 0.316. The highest BCUT2D eigenvalue weighted by Crippen LogP contribution is 2.34. The lowest BCUT2D eigenvalue weighted by atomic mass is 9.84. The molecule has 0 aliphatic carbocycles. The molecular weight excluding hydrogens is 322 g/mol. The maximum Gasteiger partial charge on any atom is 0.258 e. The Morgan fingerprint density at radius 1 is 1.16 bits per heavy atom. The fourth-order valence-corrected chi connectivity index (χ4v) is 2.75. The highest BCUT2D eigenvalue weighted by atomic mass is 16.5. The zero-order chi connectivity index (χ0) is 18.6. The summed E-state index contributed by atoms with van der Waals surface area (Å²) >= 11 is 0. The summed E-state index contributed by atoms with van der Waals surface area (Å²) in [5, 5.41) is 29.3. The molecule has 0 saturated carbocycles. The normalized spacial score (nSPS) is 14.6. The van der Waals surface area contributed by atoms with Gasteiger partial charge < -0.3 is 25.8 Å². The molecule has 0 fully saturated rings. The van der Waals surface area contributed by atoms with Gasteiger partial charge in [-0.05, 0) is 48.2 Å². The van der Waals surface area contributed by atoms with Gasteiger partial charge in [-0.3, -0.25) is 4.79 Å². The number of aliphatic hydroxyl groups is 3. The van der Waals surface area contributed by atoms with Gasteiger partial charge in [0, 0.05) is 0 Å². The molecule has 5 N–H and O–H groups in total. The minimum atomic E-state index is -1.96. The smallest absolute Gasteiger partial charge is 0.258 e. The Morgan fingerprint density at radius 3 is 2.20 bits per heavy atom. The number of amides is 1. The molecule has 6 heteroatoms. The Morgan fingerprint density at radius 2 is 1.72 bits per heavy atom. The Bertz CT molecular complexity index is 724. The molecule has 0 heterocycles. The Hall–Kier alpha value is -2.41. The Kier molecular flexibility index (Phi) is 5.79. The topological polar surface area (TPSA) is 113 Å². The van der Waals surface area contributed by atoms with Gasteiger partial charge in [0.15, 0.2) is 5.60 Å². The van der Waals surface area contributed by atoms with Gasteiger partial charge in [-0.2, -0.15) is 0 Å². The number of rotatable bonds is 7. The SMILES string of the molecule is Cc1cc(C(O)(C(N)=O)c2ccccc2)cc(C)c1OC[C@H](O)CO. The lowest BCUT2D eigenvalue weighted by molar-refractivity contribution is -0.133. The first-order valence-corrected chi connectivity index (χ1v) is 7.92. The van der Waals surface area contributed by atoms with Crippen LogP contribution in [0, 0.1) is 13.8 Å². The maximum atomic E-state index is 12.1. The van der Waals surface area contributed by atoms with Crippen LogP contribution < -0.4 is 10.5 Å². The Balaban J connectivity index is 2.46. The first-order valence-electron chi connectivity index (χ1n) is 7.92. The number of carbonyl (C=O) groups is 1. The number of hydrogen-bond donors (Lipinski definition) is 4. The minimum absolute atomic E-state index is 0.0592. The molecule has 0 aliphatic rings. The van der Waals surface area contributed by atoms with Gasteiger partial charge in [0.05, 0.1) is 6.61 Å². The van der Waals surface area contributed by atoms with E-state index in [0.29, 0.717) is 28.0 Å². The molecule has 6 nitrogen and oxygen atoms in total. The van der Waals surface area contributed by atoms with E-state index in [2.05, 4.69) is 0 Å². The van der Waals surface area contributed by atoms with Crippen molar-refractivity contribution in [3.05, 3.63) is 64.7 Å². The highest BCUT2D eigenvalue weighted by Gasteiger charge is 2.38. The highest BCUT2D eigenvalue weighted by molar-refractivity contribution is 5.88. The first kappa shape index (κ1) is 18.9. The molecule has 134 valence electrons. The van der Waals surface area contributed by atoms with E-state index in [9.17, 15) is 15.0 Å². The van der Waals surface area contributed by atoms with E-state index in [1.165, 1.54) is 0 Å². The fourth-order valence-electron chi connectivity index (χ4n) is 2.75. The number of benzene rings is 2. The molecule has 2 atom stereocenters. The zero-order valence-electron chi connectivity index (χ0n) is 14.3. The summed E-state index contributed by atoms with van der Waals surface area (Å²) in [6.07, 6.45) is -0.981. The van der Waals surface area contributed by atoms with Crippen LogP contribution in [-0.2, 0) is 10.4 Å². The van der Waals surface area contributed by atoms with E-state index in [-0.39, 0.29) is 6.61 Å². The molecule has 25 heavy (non-hydrogen) atoms. The second kappa shape index (κ2) is 7.65. The molecule has 0 radical (unpaired) electrons. The predicted octanol–water partition coefficient (Wildman–Crippen LogP) is 0.757. The van der Waals surface area contributed by atoms with Crippen LogP contribution in [0.2, 0.25) is 0 Å². The third-order valence-electron chi connectivity index (χ3n) is 4.06. The molecular formula is C19H23NO5. The van der Waals surface area contributed by atoms with Gasteiger partial charge in [-0.15, -0.1) is 0 Å². The number of ether oxygens (including phenoxy) is 1. The van der Waals surface area contributed by atoms with E-state index in [0.717, 1.165) is 0 Å². The molecule has 0 bridgehead atoms. The van der Waals surface area contributed by atoms with Crippen molar-refractivity contribution in [2.75, 3.05) is 13.2 Å². The second-order valence-corrected chi connectivity index (χ2v) is 6.03. The van der Waals surface area contributed by atoms with Gasteiger partial charge in [0.25, 0.3) is 5.91 Å². The summed E-state index contributed by atoms with van der Waals surface area (Å²) in [6.45, 7) is 3.08. The molecule has 0 aliphatic heterocycles. The largest absolute Gasteiger partial charge is 0.490 e. The summed E-state index contributed by atoms with van der Waals surface area (Å²) < 4.78 is 5.55. The van der Waals surface area contributed by atoms with E-state index < -0.39 is 24.2 Å². The van der Waals surface area contributed by atoms with Crippen LogP contribution in [0.25, 0.3) is 0 Å². The van der Waals surface area contributed by atoms with Crippen LogP contribution >= 0.6 is 0 Å². The number of aliphatic hydroxyl groups excluding tert-OH is 2. The van der Waals surface area contributed by atoms with Crippen molar-refractivity contribution in [2.24, 2.45) is 5.73 Å². The Labute approximate surface area is 146 Å². The van der Waals surface area contributed by atoms with Crippen LogP contribution in [0.5, 0.6) is 5.75 Å². The van der Waals surface area contributed by atoms with Gasteiger partial charge >= 0.3 is 0 Å². The van der Waals surface area contributed by atoms with E-state index >= 15 is 0 Å². The van der Waals surface area contributed by atoms with Crippen molar-refractivity contribution in [2.45, 2.75) is 25.6 Å². The van der Waals surface area contributed by atoms with Crippen molar-refractivity contribution >= 4 is 5.91 Å². The van der Waals surface area contributed by atoms with Crippen LogP contribution in [0.15, 0.2) is 42.5 Å². The van der Waals surface area contributed by atoms with E-state index in [1.807, 2.05) is 0 Å². The molecule has 0 aromatic heterocycles. The first-order chi connectivity index (χ1) is 11.8. The minimum Gasteiger partial charge on any atom is -0.490 e. The molecule has 2 aromatic carbocycles. The van der Waals surface area contributed by atoms with Crippen LogP contribution in [0.4, 0.5) is 0 Å². The van der Waals surface area contributed by atoms with Crippen molar-refractivity contribution in [1.82, 2.24) is 0 Å². The average molecular weight is 345 g/mol. The lowest BCUT2D eigenvalue weighted by Crippen LogP contribution is -2.42. The quantitative estimate of drug-likeness (QED) is 0.592. The van der Waals surface area contributed by atoms with Crippen molar-refractivity contribution in [3.8, 4) is 5.75 Å². The summed E-state index contributed by atoms with van der Waals surface area (Å²) in [5.74, 6) is -0.349. The summed E-state index contributed by atoms with van der Waals surface area (Å²) in [4.78, 5) is 12.1. The molecule has 1 unspecified atom stereocenters. The van der Waals surface area contributed by atoms with Crippen molar-refractivity contribution in [1.29, 1.82) is 0 Å². The summed E-state index contributed by atoms with van der Waals surface area (Å²) in [6, 6.07) is 11.8. The van der Waals surface area contributed by atoms with Crippen LogP contribution in [0.3, 0.4) is 0 Å². The number of carbonyl (C=O) groups excluding carboxylic acids is 1. The van der Waals surface area contributed by atoms with Gasteiger partial charge in [0.2, 0.25) is 0 Å². The third-order valence-corrected chi connectivity index (χ3v) is 4.06. The van der Waals surface area contributed by atoms with Gasteiger partial charge in [-0.25, -0.2) is 0 Å². The molecule has 1 amide bonds. The number of hydrogen-bond acceptors (Lipinski definition) is 5. The average Bonchev–Trinajstić information content (AvgIpc) is 2.60. The summed E-state index contributed by atoms with van der Waals surface area (Å²) in [7, 11) is 0. The second-order valence-electron chi connectivity index (χ2n) is 6.03. The standard InChI is InChI=1S/C19H23NO5/c1-12-8-15(9-13(2)17(12)25-11-16(22)10-21)19(24,18(20)23)14-6-4-3-5-7-14/h3-9,16,21-22,24H,10-11H2,1-2H3,(H2,20,23)/t16-,19?/m1/s1. The molecule has 0 spiro atoms. The van der Waals surface area contributed by atoms with E-state index in [1.54, 1.807) is 56.3 Å². The maximum absolute atomic E-state index is 12.1. The molecule has 0 saturated heterocycles. The molecule has 2 aromatic rings. The van der Waals surface area contributed by atoms with Gasteiger partial charge in [0.1, 0.15) is 18.5 Å². The number of primary amides is 1. The predicted molar refractivity (Wildman–Crippen MR) is 93.1 cm³/mol. The van der Waals surface area contributed by atoms with Crippen molar-refractivity contribution < 1.29 is 24.9 Å². The zero-order valence-corrected chi connectivity index (χ0v) is 14.3. The van der Waals surface area contributed by atoms with E-state index in [4.69, 9.17) is 15.6 Å². The summed E-state index contributed by atoms with van der Waals surface area (Å²) in [5.41, 5.74) is 5.63. The van der Waals surface area contributed by atoms with Crippen LogP contribution in [0.1, 0.15) is 22.3 Å². The number of aryl methyl sites for hydroxylation is 2. The monoisotopic (exact) mass is 345 g/mol. The van der Waals surface area contributed by atoms with Crippen LogP contribution in [-0.4, -0.2) is 40.5 Å². The van der Waals surface area contributed by atoms with Gasteiger partial charge in [-0.1, -0.05) is 30.3 Å². The number of nitrogens with two attached hydrogens (primary N) is 1. The van der Waals surface area contributed by atoms with Crippen molar-refractivity contribution in [3.63, 3.8) is 0 Å². The molecule has 2 rings (SSSR count).